The number of ether oxygens (including phenoxy) is 1. The lowest BCUT2D eigenvalue weighted by atomic mass is 9.82. The first kappa shape index (κ1) is 19.4. The third-order valence-electron chi connectivity index (χ3n) is 5.74. The first-order chi connectivity index (χ1) is 12.2. The van der Waals surface area contributed by atoms with Crippen LogP contribution in [-0.4, -0.2) is 65.2 Å². The average molecular weight is 363 g/mol. The van der Waals surface area contributed by atoms with Gasteiger partial charge < -0.3 is 14.0 Å². The Morgan fingerprint density at radius 3 is 2.46 bits per heavy atom. The zero-order valence-electron chi connectivity index (χ0n) is 16.5. The lowest BCUT2D eigenvalue weighted by Gasteiger charge is -2.32. The molecule has 2 saturated heterocycles. The van der Waals surface area contributed by atoms with Crippen LogP contribution < -0.4 is 5.46 Å². The molecule has 7 nitrogen and oxygen atoms in total. The molecule has 0 aliphatic carbocycles. The van der Waals surface area contributed by atoms with Gasteiger partial charge in [0, 0.05) is 30.9 Å². The van der Waals surface area contributed by atoms with Crippen LogP contribution in [0.1, 0.15) is 53.5 Å². The molecular formula is C18H30BN3O4. The van der Waals surface area contributed by atoms with Crippen molar-refractivity contribution in [3.05, 3.63) is 12.4 Å². The molecule has 0 unspecified atom stereocenters. The first-order valence-corrected chi connectivity index (χ1v) is 9.49. The van der Waals surface area contributed by atoms with E-state index >= 15 is 0 Å². The average Bonchev–Trinajstić information content (AvgIpc) is 3.11. The van der Waals surface area contributed by atoms with E-state index in [-0.39, 0.29) is 24.3 Å². The largest absolute Gasteiger partial charge is 0.498 e. The number of aromatic nitrogens is 2. The van der Waals surface area contributed by atoms with Crippen LogP contribution in [0.15, 0.2) is 12.4 Å². The van der Waals surface area contributed by atoms with Crippen molar-refractivity contribution in [2.45, 2.75) is 64.7 Å². The van der Waals surface area contributed by atoms with Crippen molar-refractivity contribution in [3.63, 3.8) is 0 Å². The first-order valence-electron chi connectivity index (χ1n) is 9.49. The van der Waals surface area contributed by atoms with E-state index in [1.807, 2.05) is 24.0 Å². The molecule has 0 spiro atoms. The van der Waals surface area contributed by atoms with Gasteiger partial charge in [-0.2, -0.15) is 5.10 Å². The molecule has 8 heteroatoms. The molecular weight excluding hydrogens is 333 g/mol. The molecule has 2 aliphatic heterocycles. The van der Waals surface area contributed by atoms with Crippen molar-refractivity contribution >= 4 is 18.6 Å². The summed E-state index contributed by atoms with van der Waals surface area (Å²) in [6.07, 6.45) is 5.80. The minimum absolute atomic E-state index is 0.145. The van der Waals surface area contributed by atoms with Gasteiger partial charge in [0.05, 0.1) is 30.4 Å². The van der Waals surface area contributed by atoms with E-state index in [1.54, 1.807) is 0 Å². The van der Waals surface area contributed by atoms with Crippen molar-refractivity contribution in [3.8, 4) is 0 Å². The predicted octanol–water partition coefficient (Wildman–Crippen LogP) is 1.38. The molecule has 3 rings (SSSR count). The Balaban J connectivity index is 1.56. The van der Waals surface area contributed by atoms with Gasteiger partial charge in [0.1, 0.15) is 0 Å². The van der Waals surface area contributed by atoms with Gasteiger partial charge in [-0.15, -0.1) is 0 Å². The van der Waals surface area contributed by atoms with Crippen LogP contribution in [0, 0.1) is 0 Å². The molecule has 0 N–H and O–H groups in total. The van der Waals surface area contributed by atoms with Gasteiger partial charge in [-0.05, 0) is 47.5 Å². The maximum atomic E-state index is 11.6. The standard InChI is InChI=1S/C18H30BN3O4/c1-6-24-16(23)13-21-9-7-15(8-10-21)22-12-14(11-20-22)19-25-17(2,3)18(4,5)26-19/h11-12,15H,6-10,13H2,1-5H3. The molecule has 144 valence electrons. The molecule has 0 aromatic carbocycles. The fraction of sp³-hybridized carbons (Fsp3) is 0.778. The fourth-order valence-corrected chi connectivity index (χ4v) is 3.38. The van der Waals surface area contributed by atoms with E-state index in [0.29, 0.717) is 19.2 Å². The Hall–Kier alpha value is -1.38. The van der Waals surface area contributed by atoms with Crippen molar-refractivity contribution in [1.29, 1.82) is 0 Å². The van der Waals surface area contributed by atoms with Crippen LogP contribution >= 0.6 is 0 Å². The molecule has 2 fully saturated rings. The van der Waals surface area contributed by atoms with E-state index in [4.69, 9.17) is 14.0 Å². The highest BCUT2D eigenvalue weighted by atomic mass is 16.7. The summed E-state index contributed by atoms with van der Waals surface area (Å²) < 4.78 is 19.2. The molecule has 0 radical (unpaired) electrons. The van der Waals surface area contributed by atoms with Crippen molar-refractivity contribution < 1.29 is 18.8 Å². The van der Waals surface area contributed by atoms with Crippen LogP contribution in [0.5, 0.6) is 0 Å². The molecule has 1 aromatic rings. The van der Waals surface area contributed by atoms with Crippen LogP contribution in [0.3, 0.4) is 0 Å². The van der Waals surface area contributed by atoms with Gasteiger partial charge in [0.15, 0.2) is 0 Å². The van der Waals surface area contributed by atoms with Crippen LogP contribution in [0.4, 0.5) is 0 Å². The number of nitrogens with zero attached hydrogens (tertiary/aromatic N) is 3. The lowest BCUT2D eigenvalue weighted by Crippen LogP contribution is -2.41. The van der Waals surface area contributed by atoms with E-state index in [9.17, 15) is 4.79 Å². The van der Waals surface area contributed by atoms with Crippen molar-refractivity contribution in [1.82, 2.24) is 14.7 Å². The summed E-state index contributed by atoms with van der Waals surface area (Å²) >= 11 is 0. The molecule has 2 aliphatic rings. The smallest absolute Gasteiger partial charge is 0.465 e. The Morgan fingerprint density at radius 2 is 1.88 bits per heavy atom. The Morgan fingerprint density at radius 1 is 1.27 bits per heavy atom. The molecule has 0 amide bonds. The SMILES string of the molecule is CCOC(=O)CN1CCC(n2cc(B3OC(C)(C)C(C)(C)O3)cn2)CC1. The highest BCUT2D eigenvalue weighted by molar-refractivity contribution is 6.62. The monoisotopic (exact) mass is 363 g/mol. The van der Waals surface area contributed by atoms with Crippen molar-refractivity contribution in [2.75, 3.05) is 26.2 Å². The number of rotatable bonds is 5. The summed E-state index contributed by atoms with van der Waals surface area (Å²) in [7, 11) is -0.377. The zero-order chi connectivity index (χ0) is 18.9. The molecule has 0 bridgehead atoms. The topological polar surface area (TPSA) is 65.8 Å². The van der Waals surface area contributed by atoms with Gasteiger partial charge >= 0.3 is 13.1 Å². The summed E-state index contributed by atoms with van der Waals surface area (Å²) in [5, 5.41) is 4.54. The van der Waals surface area contributed by atoms with Crippen LogP contribution in [-0.2, 0) is 18.8 Å². The Kier molecular flexibility index (Phi) is 5.46. The van der Waals surface area contributed by atoms with E-state index in [0.717, 1.165) is 31.4 Å². The maximum absolute atomic E-state index is 11.6. The van der Waals surface area contributed by atoms with Gasteiger partial charge in [-0.25, -0.2) is 0 Å². The zero-order valence-corrected chi connectivity index (χ0v) is 16.5. The van der Waals surface area contributed by atoms with Crippen LogP contribution in [0.2, 0.25) is 0 Å². The van der Waals surface area contributed by atoms with Crippen LogP contribution in [0.25, 0.3) is 0 Å². The summed E-state index contributed by atoms with van der Waals surface area (Å²) in [5.74, 6) is -0.145. The highest BCUT2D eigenvalue weighted by Gasteiger charge is 2.52. The van der Waals surface area contributed by atoms with Gasteiger partial charge in [-0.3, -0.25) is 14.4 Å². The molecule has 0 saturated carbocycles. The number of carbonyl (C=O) groups is 1. The maximum Gasteiger partial charge on any atom is 0.498 e. The summed E-state index contributed by atoms with van der Waals surface area (Å²) in [4.78, 5) is 13.8. The third kappa shape index (κ3) is 3.97. The Bertz CT molecular complexity index is 622. The van der Waals surface area contributed by atoms with E-state index in [1.165, 1.54) is 0 Å². The second-order valence-electron chi connectivity index (χ2n) is 8.15. The second-order valence-corrected chi connectivity index (χ2v) is 8.15. The number of hydrogen-bond donors (Lipinski definition) is 0. The summed E-state index contributed by atoms with van der Waals surface area (Å²) in [5.41, 5.74) is 0.258. The quantitative estimate of drug-likeness (QED) is 0.582. The Labute approximate surface area is 156 Å². The predicted molar refractivity (Wildman–Crippen MR) is 99.3 cm³/mol. The molecule has 26 heavy (non-hydrogen) atoms. The fourth-order valence-electron chi connectivity index (χ4n) is 3.38. The normalized spacial score (nSPS) is 23.3. The minimum Gasteiger partial charge on any atom is -0.465 e. The second kappa shape index (κ2) is 7.33. The number of carbonyl (C=O) groups excluding carboxylic acids is 1. The third-order valence-corrected chi connectivity index (χ3v) is 5.74. The van der Waals surface area contributed by atoms with Gasteiger partial charge in [-0.1, -0.05) is 0 Å². The van der Waals surface area contributed by atoms with Crippen molar-refractivity contribution in [2.24, 2.45) is 0 Å². The van der Waals surface area contributed by atoms with Gasteiger partial charge in [0.25, 0.3) is 0 Å². The number of likely N-dealkylation sites (tertiary alicyclic amines) is 1. The minimum atomic E-state index is -0.377. The highest BCUT2D eigenvalue weighted by Crippen LogP contribution is 2.36. The number of piperidine rings is 1. The molecule has 0 atom stereocenters. The van der Waals surface area contributed by atoms with E-state index in [2.05, 4.69) is 37.7 Å². The number of hydrogen-bond acceptors (Lipinski definition) is 6. The lowest BCUT2D eigenvalue weighted by molar-refractivity contribution is -0.144. The molecule has 1 aromatic heterocycles. The van der Waals surface area contributed by atoms with Gasteiger partial charge in [0.2, 0.25) is 0 Å². The van der Waals surface area contributed by atoms with E-state index < -0.39 is 0 Å². The summed E-state index contributed by atoms with van der Waals surface area (Å²) in [6.45, 7) is 12.6. The molecule has 3 heterocycles. The summed E-state index contributed by atoms with van der Waals surface area (Å²) in [6, 6.07) is 0.338. The number of esters is 1.